The molecule has 2 amide bonds. The Kier molecular flexibility index (Phi) is 8.55. The molecule has 3 aromatic rings. The Labute approximate surface area is 220 Å². The van der Waals surface area contributed by atoms with Crippen LogP contribution < -0.4 is 20.2 Å². The summed E-state index contributed by atoms with van der Waals surface area (Å²) < 4.78 is 10.9. The maximum Gasteiger partial charge on any atom is 0.329 e. The number of amides is 2. The standard InChI is InChI=1S/C24H20ClN5O8/c1-13-4-6-16(11-18(13)25)26-23(31)24(32)28-27-14(2)15-5-8-21(22(10-15)37-3)38-20-9-7-17(29(33)34)12-19(20)30(35)36/h4-12H,1-3H3,(H,26,31)(H,28,32)/b27-14+. The van der Waals surface area contributed by atoms with Gasteiger partial charge in [-0.05, 0) is 55.8 Å². The first-order valence-corrected chi connectivity index (χ1v) is 11.1. The number of anilines is 1. The number of halogens is 1. The van der Waals surface area contributed by atoms with Gasteiger partial charge in [0.25, 0.3) is 5.69 Å². The zero-order valence-corrected chi connectivity index (χ0v) is 20.9. The lowest BCUT2D eigenvalue weighted by Gasteiger charge is -2.12. The van der Waals surface area contributed by atoms with Gasteiger partial charge in [-0.25, -0.2) is 5.43 Å². The summed E-state index contributed by atoms with van der Waals surface area (Å²) >= 11 is 6.02. The fourth-order valence-corrected chi connectivity index (χ4v) is 3.23. The molecule has 0 aliphatic rings. The molecule has 0 aliphatic heterocycles. The molecule has 0 bridgehead atoms. The van der Waals surface area contributed by atoms with Gasteiger partial charge < -0.3 is 14.8 Å². The number of rotatable bonds is 8. The number of nitro groups is 2. The third kappa shape index (κ3) is 6.59. The Bertz CT molecular complexity index is 1470. The molecule has 3 aromatic carbocycles. The fourth-order valence-electron chi connectivity index (χ4n) is 3.05. The number of ether oxygens (including phenoxy) is 2. The van der Waals surface area contributed by atoms with Crippen molar-refractivity contribution in [1.82, 2.24) is 5.43 Å². The predicted octanol–water partition coefficient (Wildman–Crippen LogP) is 4.74. The number of carbonyl (C=O) groups excluding carboxylic acids is 2. The van der Waals surface area contributed by atoms with E-state index in [0.717, 1.165) is 23.8 Å². The zero-order chi connectivity index (χ0) is 28.0. The number of benzene rings is 3. The lowest BCUT2D eigenvalue weighted by Crippen LogP contribution is -2.32. The third-order valence-corrected chi connectivity index (χ3v) is 5.52. The van der Waals surface area contributed by atoms with Crippen molar-refractivity contribution < 1.29 is 28.9 Å². The van der Waals surface area contributed by atoms with Gasteiger partial charge in [0.1, 0.15) is 0 Å². The van der Waals surface area contributed by atoms with Crippen molar-refractivity contribution in [3.05, 3.63) is 91.0 Å². The van der Waals surface area contributed by atoms with Crippen molar-refractivity contribution in [3.8, 4) is 17.2 Å². The molecule has 196 valence electrons. The molecule has 14 heteroatoms. The Morgan fingerprint density at radius 1 is 0.921 bits per heavy atom. The molecule has 0 atom stereocenters. The van der Waals surface area contributed by atoms with Crippen molar-refractivity contribution >= 4 is 46.2 Å². The minimum absolute atomic E-state index is 0.0844. The lowest BCUT2D eigenvalue weighted by molar-refractivity contribution is -0.394. The van der Waals surface area contributed by atoms with Gasteiger partial charge in [0.2, 0.25) is 5.75 Å². The highest BCUT2D eigenvalue weighted by Crippen LogP contribution is 2.38. The molecule has 0 saturated carbocycles. The zero-order valence-electron chi connectivity index (χ0n) is 20.2. The molecule has 0 fully saturated rings. The molecule has 3 rings (SSSR count). The second kappa shape index (κ2) is 11.8. The van der Waals surface area contributed by atoms with Gasteiger partial charge in [-0.2, -0.15) is 5.10 Å². The summed E-state index contributed by atoms with van der Waals surface area (Å²) in [5, 5.41) is 29.1. The summed E-state index contributed by atoms with van der Waals surface area (Å²) in [6.45, 7) is 3.36. The van der Waals surface area contributed by atoms with Crippen LogP contribution in [0, 0.1) is 27.2 Å². The third-order valence-electron chi connectivity index (χ3n) is 5.11. The Balaban J connectivity index is 1.74. The lowest BCUT2D eigenvalue weighted by atomic mass is 10.1. The predicted molar refractivity (Wildman–Crippen MR) is 138 cm³/mol. The van der Waals surface area contributed by atoms with Gasteiger partial charge in [0.15, 0.2) is 11.5 Å². The van der Waals surface area contributed by atoms with E-state index < -0.39 is 33.0 Å². The molecule has 0 saturated heterocycles. The quantitative estimate of drug-likeness (QED) is 0.178. The van der Waals surface area contributed by atoms with Crippen LogP contribution in [-0.4, -0.2) is 34.5 Å². The van der Waals surface area contributed by atoms with E-state index in [-0.39, 0.29) is 17.2 Å². The summed E-state index contributed by atoms with van der Waals surface area (Å²) in [5.74, 6) is -1.96. The first-order valence-electron chi connectivity index (χ1n) is 10.7. The summed E-state index contributed by atoms with van der Waals surface area (Å²) in [5.41, 5.74) is 3.02. The molecular formula is C24H20ClN5O8. The monoisotopic (exact) mass is 541 g/mol. The van der Waals surface area contributed by atoms with E-state index in [0.29, 0.717) is 22.0 Å². The Morgan fingerprint density at radius 2 is 1.63 bits per heavy atom. The molecule has 13 nitrogen and oxygen atoms in total. The molecule has 2 N–H and O–H groups in total. The smallest absolute Gasteiger partial charge is 0.329 e. The second-order valence-electron chi connectivity index (χ2n) is 7.69. The number of hydrogen-bond donors (Lipinski definition) is 2. The van der Waals surface area contributed by atoms with Crippen molar-refractivity contribution in [2.24, 2.45) is 5.10 Å². The van der Waals surface area contributed by atoms with Crippen LogP contribution >= 0.6 is 11.6 Å². The first-order chi connectivity index (χ1) is 18.0. The molecule has 0 unspecified atom stereocenters. The van der Waals surface area contributed by atoms with Gasteiger partial charge in [0, 0.05) is 22.3 Å². The molecular weight excluding hydrogens is 522 g/mol. The normalized spacial score (nSPS) is 10.9. The number of non-ortho nitro benzene ring substituents is 1. The minimum Gasteiger partial charge on any atom is -0.493 e. The maximum atomic E-state index is 12.2. The van der Waals surface area contributed by atoms with Gasteiger partial charge in [-0.1, -0.05) is 17.7 Å². The number of nitro benzene ring substituents is 2. The number of hydrogen-bond acceptors (Lipinski definition) is 9. The summed E-state index contributed by atoms with van der Waals surface area (Å²) in [4.78, 5) is 45.1. The van der Waals surface area contributed by atoms with Crippen LogP contribution in [0.1, 0.15) is 18.1 Å². The van der Waals surface area contributed by atoms with Crippen LogP contribution in [0.15, 0.2) is 59.7 Å². The van der Waals surface area contributed by atoms with Crippen LogP contribution in [0.2, 0.25) is 5.02 Å². The minimum atomic E-state index is -1.02. The average molecular weight is 542 g/mol. The fraction of sp³-hybridized carbons (Fsp3) is 0.125. The van der Waals surface area contributed by atoms with Gasteiger partial charge in [-0.15, -0.1) is 0 Å². The van der Waals surface area contributed by atoms with Crippen molar-refractivity contribution in [2.45, 2.75) is 13.8 Å². The van der Waals surface area contributed by atoms with Gasteiger partial charge in [-0.3, -0.25) is 29.8 Å². The van der Waals surface area contributed by atoms with E-state index >= 15 is 0 Å². The van der Waals surface area contributed by atoms with Crippen molar-refractivity contribution in [2.75, 3.05) is 12.4 Å². The molecule has 0 aliphatic carbocycles. The van der Waals surface area contributed by atoms with Gasteiger partial charge >= 0.3 is 17.5 Å². The van der Waals surface area contributed by atoms with E-state index in [9.17, 15) is 29.8 Å². The van der Waals surface area contributed by atoms with Crippen LogP contribution in [0.4, 0.5) is 17.1 Å². The number of hydrazone groups is 1. The summed E-state index contributed by atoms with van der Waals surface area (Å²) in [7, 11) is 1.34. The van der Waals surface area contributed by atoms with E-state index in [1.54, 1.807) is 26.0 Å². The number of nitrogens with one attached hydrogen (secondary N) is 2. The van der Waals surface area contributed by atoms with E-state index in [1.807, 2.05) is 0 Å². The highest BCUT2D eigenvalue weighted by Gasteiger charge is 2.22. The Morgan fingerprint density at radius 3 is 2.26 bits per heavy atom. The molecule has 0 spiro atoms. The second-order valence-corrected chi connectivity index (χ2v) is 8.10. The molecule has 38 heavy (non-hydrogen) atoms. The van der Waals surface area contributed by atoms with E-state index in [4.69, 9.17) is 21.1 Å². The number of carbonyl (C=O) groups is 2. The SMILES string of the molecule is COc1cc(/C(C)=N/NC(=O)C(=O)Nc2ccc(C)c(Cl)c2)ccc1Oc1ccc([N+](=O)[O-])cc1[N+](=O)[O-]. The number of aryl methyl sites for hydroxylation is 1. The molecule has 0 radical (unpaired) electrons. The molecule has 0 aromatic heterocycles. The largest absolute Gasteiger partial charge is 0.493 e. The highest BCUT2D eigenvalue weighted by atomic mass is 35.5. The number of nitrogens with zero attached hydrogens (tertiary/aromatic N) is 3. The highest BCUT2D eigenvalue weighted by molar-refractivity contribution is 6.40. The van der Waals surface area contributed by atoms with Crippen LogP contribution in [-0.2, 0) is 9.59 Å². The van der Waals surface area contributed by atoms with Crippen LogP contribution in [0.25, 0.3) is 0 Å². The topological polar surface area (TPSA) is 175 Å². The average Bonchev–Trinajstić information content (AvgIpc) is 2.89. The number of methoxy groups -OCH3 is 1. The summed E-state index contributed by atoms with van der Waals surface area (Å²) in [6, 6.07) is 12.2. The molecule has 0 heterocycles. The maximum absolute atomic E-state index is 12.2. The first kappa shape index (κ1) is 27.5. The summed E-state index contributed by atoms with van der Waals surface area (Å²) in [6.07, 6.45) is 0. The van der Waals surface area contributed by atoms with Crippen LogP contribution in [0.5, 0.6) is 17.2 Å². The van der Waals surface area contributed by atoms with Gasteiger partial charge in [0.05, 0.1) is 28.7 Å². The Hall–Kier alpha value is -5.04. The van der Waals surface area contributed by atoms with Crippen molar-refractivity contribution in [1.29, 1.82) is 0 Å². The van der Waals surface area contributed by atoms with Crippen LogP contribution in [0.3, 0.4) is 0 Å². The van der Waals surface area contributed by atoms with Crippen molar-refractivity contribution in [3.63, 3.8) is 0 Å². The van der Waals surface area contributed by atoms with E-state index in [1.165, 1.54) is 31.4 Å². The van der Waals surface area contributed by atoms with E-state index in [2.05, 4.69) is 15.8 Å².